The van der Waals surface area contributed by atoms with Crippen LogP contribution in [-0.4, -0.2) is 109 Å². The topological polar surface area (TPSA) is 128 Å². The Hall–Kier alpha value is -3.13. The molecule has 0 bridgehead atoms. The molecule has 230 valence electrons. The van der Waals surface area contributed by atoms with Crippen molar-refractivity contribution in [3.63, 3.8) is 0 Å². The number of rotatable bonds is 9. The van der Waals surface area contributed by atoms with E-state index < -0.39 is 17.8 Å². The van der Waals surface area contributed by atoms with Crippen LogP contribution in [0.4, 0.5) is 14.5 Å². The van der Waals surface area contributed by atoms with E-state index in [4.69, 9.17) is 4.74 Å². The first kappa shape index (κ1) is 30.3. The highest BCUT2D eigenvalue weighted by molar-refractivity contribution is 6.09. The van der Waals surface area contributed by atoms with Gasteiger partial charge < -0.3 is 25.3 Å². The molecule has 4 heterocycles. The Morgan fingerprint density at radius 3 is 2.74 bits per heavy atom. The van der Waals surface area contributed by atoms with Crippen LogP contribution in [0.15, 0.2) is 28.5 Å². The number of halogens is 2. The van der Waals surface area contributed by atoms with Crippen LogP contribution in [0.25, 0.3) is 0 Å². The zero-order chi connectivity index (χ0) is 30.0. The van der Waals surface area contributed by atoms with E-state index >= 15 is 0 Å². The van der Waals surface area contributed by atoms with E-state index in [2.05, 4.69) is 15.3 Å². The molecular weight excluding hydrogens is 548 g/mol. The number of nitrogens with zero attached hydrogens (tertiary/aromatic N) is 5. The summed E-state index contributed by atoms with van der Waals surface area (Å²) in [5.41, 5.74) is 2.76. The van der Waals surface area contributed by atoms with Crippen LogP contribution >= 0.6 is 0 Å². The number of carbonyl (C=O) groups is 1. The van der Waals surface area contributed by atoms with Gasteiger partial charge in [0.05, 0.1) is 13.2 Å². The number of hydrogen-bond donors (Lipinski definition) is 4. The molecule has 4 aliphatic heterocycles. The third kappa shape index (κ3) is 6.59. The molecule has 4 aliphatic rings. The van der Waals surface area contributed by atoms with E-state index in [1.807, 2.05) is 17.9 Å². The largest absolute Gasteiger partial charge is 0.480 e. The van der Waals surface area contributed by atoms with Gasteiger partial charge in [0, 0.05) is 86.5 Å². The van der Waals surface area contributed by atoms with Crippen molar-refractivity contribution in [3.05, 3.63) is 40.1 Å². The number of aryl methyl sites for hydroxylation is 1. The number of hydrogen-bond acceptors (Lipinski definition) is 9. The summed E-state index contributed by atoms with van der Waals surface area (Å²) in [6, 6.07) is 3.59. The lowest BCUT2D eigenvalue weighted by molar-refractivity contribution is -0.138. The molecule has 0 amide bonds. The Labute approximate surface area is 244 Å². The second-order valence-electron chi connectivity index (χ2n) is 11.9. The molecule has 0 saturated carbocycles. The fourth-order valence-corrected chi connectivity index (χ4v) is 6.49. The van der Waals surface area contributed by atoms with Gasteiger partial charge >= 0.3 is 5.97 Å². The smallest absolute Gasteiger partial charge is 0.324 e. The minimum atomic E-state index is -2.75. The molecule has 0 aromatic heterocycles. The molecule has 1 saturated heterocycles. The fraction of sp³-hybridized carbons (Fsp3) is 0.621. The van der Waals surface area contributed by atoms with Crippen molar-refractivity contribution >= 4 is 23.7 Å². The molecule has 0 radical (unpaired) electrons. The first-order chi connectivity index (χ1) is 20.0. The number of ether oxygens (including phenoxy) is 1. The molecule has 1 unspecified atom stereocenters. The summed E-state index contributed by atoms with van der Waals surface area (Å²) in [4.78, 5) is 15.1. The highest BCUT2D eigenvalue weighted by atomic mass is 19.3. The third-order valence-electron chi connectivity index (χ3n) is 8.54. The third-order valence-corrected chi connectivity index (χ3v) is 8.54. The Kier molecular flexibility index (Phi) is 9.11. The number of alkyl halides is 2. The van der Waals surface area contributed by atoms with Gasteiger partial charge in [-0.3, -0.25) is 20.1 Å². The summed E-state index contributed by atoms with van der Waals surface area (Å²) in [7, 11) is 1.59. The van der Waals surface area contributed by atoms with Crippen LogP contribution in [0.1, 0.15) is 55.7 Å². The van der Waals surface area contributed by atoms with Crippen molar-refractivity contribution in [1.29, 1.82) is 5.41 Å². The minimum absolute atomic E-state index is 0.124. The zero-order valence-corrected chi connectivity index (χ0v) is 24.3. The number of nitrogens with one attached hydrogen (secondary N) is 2. The van der Waals surface area contributed by atoms with Crippen LogP contribution < -0.4 is 10.2 Å². The van der Waals surface area contributed by atoms with Gasteiger partial charge in [-0.2, -0.15) is 10.2 Å². The number of fused-ring (bicyclic) bond motifs is 1. The summed E-state index contributed by atoms with van der Waals surface area (Å²) in [6.45, 7) is 5.13. The van der Waals surface area contributed by atoms with Crippen LogP contribution in [-0.2, 0) is 21.4 Å². The van der Waals surface area contributed by atoms with Crippen molar-refractivity contribution in [1.82, 2.24) is 20.3 Å². The van der Waals surface area contributed by atoms with Gasteiger partial charge in [-0.1, -0.05) is 6.07 Å². The minimum Gasteiger partial charge on any atom is -0.480 e. The monoisotopic (exact) mass is 589 g/mol. The van der Waals surface area contributed by atoms with E-state index in [1.165, 1.54) is 11.1 Å². The molecular formula is C29H41F2N7O4. The predicted octanol–water partition coefficient (Wildman–Crippen LogP) is 3.00. The maximum Gasteiger partial charge on any atom is 0.324 e. The highest BCUT2D eigenvalue weighted by Gasteiger charge is 2.38. The fourth-order valence-electron chi connectivity index (χ4n) is 6.49. The van der Waals surface area contributed by atoms with Crippen molar-refractivity contribution in [3.8, 4) is 0 Å². The van der Waals surface area contributed by atoms with E-state index in [1.54, 1.807) is 13.3 Å². The second-order valence-corrected chi connectivity index (χ2v) is 11.9. The number of carboxylic acids is 1. The first-order valence-corrected chi connectivity index (χ1v) is 14.6. The van der Waals surface area contributed by atoms with Gasteiger partial charge in [0.25, 0.3) is 6.43 Å². The molecule has 1 aromatic rings. The summed E-state index contributed by atoms with van der Waals surface area (Å²) in [5, 5.41) is 38.8. The van der Waals surface area contributed by atoms with Crippen LogP contribution in [0, 0.1) is 5.41 Å². The standard InChI is InChI=1S/C29H41F2N7O4/c1-29(16-33-37(17-29)15-26(39)40)23-12-19-4-3-8-38(25(19)13-21(23)27(30)31)28(32)22-14-36(18-35(2)41)9-5-24(22)34-20-6-10-42-11-7-20/h12-13,16,20,27,32,34,41H,3-11,14-15,17-18H2,1-2H3,(H,39,40). The summed E-state index contributed by atoms with van der Waals surface area (Å²) in [5.74, 6) is -0.748. The number of carboxylic acid groups (broad SMARTS) is 1. The highest BCUT2D eigenvalue weighted by Crippen LogP contribution is 2.41. The van der Waals surface area contributed by atoms with E-state index in [0.717, 1.165) is 47.7 Å². The molecule has 1 fully saturated rings. The summed E-state index contributed by atoms with van der Waals surface area (Å²) < 4.78 is 34.8. The number of aliphatic carboxylic acids is 1. The van der Waals surface area contributed by atoms with Crippen LogP contribution in [0.2, 0.25) is 0 Å². The van der Waals surface area contributed by atoms with Gasteiger partial charge in [-0.25, -0.2) is 8.78 Å². The van der Waals surface area contributed by atoms with Gasteiger partial charge in [-0.05, 0) is 49.8 Å². The number of anilines is 1. The van der Waals surface area contributed by atoms with Crippen molar-refractivity contribution in [2.75, 3.05) is 64.6 Å². The SMILES string of the molecule is CN(O)CN1CCC(NC2CCOCC2)=C(C(=N)N2CCCc3cc(C4(C)C=NN(CC(=O)O)C4)c(C(F)F)cc32)C1. The number of hydroxylamine groups is 2. The van der Waals surface area contributed by atoms with E-state index in [9.17, 15) is 29.3 Å². The molecule has 11 nitrogen and oxygen atoms in total. The number of amidine groups is 1. The Bertz CT molecular complexity index is 1250. The summed E-state index contributed by atoms with van der Waals surface area (Å²) in [6.07, 6.45) is 2.72. The zero-order valence-electron chi connectivity index (χ0n) is 24.3. The summed E-state index contributed by atoms with van der Waals surface area (Å²) >= 11 is 0. The molecule has 0 spiro atoms. The molecule has 13 heteroatoms. The predicted molar refractivity (Wildman–Crippen MR) is 154 cm³/mol. The molecule has 4 N–H and O–H groups in total. The Morgan fingerprint density at radius 1 is 1.29 bits per heavy atom. The van der Waals surface area contributed by atoms with Gasteiger partial charge in [0.15, 0.2) is 0 Å². The van der Waals surface area contributed by atoms with Gasteiger partial charge in [0.2, 0.25) is 0 Å². The maximum absolute atomic E-state index is 14.6. The van der Waals surface area contributed by atoms with Gasteiger partial charge in [-0.15, -0.1) is 0 Å². The Morgan fingerprint density at radius 2 is 2.05 bits per heavy atom. The molecule has 42 heavy (non-hydrogen) atoms. The van der Waals surface area contributed by atoms with Crippen molar-refractivity contribution in [2.45, 2.75) is 56.9 Å². The molecule has 1 aromatic carbocycles. The van der Waals surface area contributed by atoms with Gasteiger partial charge in [0.1, 0.15) is 12.4 Å². The van der Waals surface area contributed by atoms with Crippen LogP contribution in [0.3, 0.4) is 0 Å². The Balaban J connectivity index is 1.48. The van der Waals surface area contributed by atoms with Crippen molar-refractivity contribution in [2.24, 2.45) is 5.10 Å². The van der Waals surface area contributed by atoms with Crippen molar-refractivity contribution < 1.29 is 28.6 Å². The van der Waals surface area contributed by atoms with Crippen LogP contribution in [0.5, 0.6) is 0 Å². The lowest BCUT2D eigenvalue weighted by atomic mass is 9.79. The maximum atomic E-state index is 14.6. The lowest BCUT2D eigenvalue weighted by Gasteiger charge is -2.39. The average Bonchev–Trinajstić information content (AvgIpc) is 3.33. The molecule has 1 atom stereocenters. The quantitative estimate of drug-likeness (QED) is 0.195. The number of benzene rings is 1. The normalized spacial score (nSPS) is 23.7. The number of hydrazone groups is 1. The van der Waals surface area contributed by atoms with E-state index in [0.29, 0.717) is 57.1 Å². The molecule has 5 rings (SSSR count). The lowest BCUT2D eigenvalue weighted by Crippen LogP contribution is -2.47. The second kappa shape index (κ2) is 12.6. The first-order valence-electron chi connectivity index (χ1n) is 14.6. The van der Waals surface area contributed by atoms with E-state index in [-0.39, 0.29) is 30.5 Å². The molecule has 0 aliphatic carbocycles. The average molecular weight is 590 g/mol.